The third-order valence-electron chi connectivity index (χ3n) is 6.09. The molecule has 1 rings (SSSR count). The van der Waals surface area contributed by atoms with Crippen LogP contribution in [0.5, 0.6) is 0 Å². The van der Waals surface area contributed by atoms with E-state index in [1.807, 2.05) is 6.07 Å². The molecule has 0 fully saturated rings. The maximum absolute atomic E-state index is 13.4. The van der Waals surface area contributed by atoms with Crippen LogP contribution in [0.2, 0.25) is 0 Å². The largest absolute Gasteiger partial charge is 0.374 e. The molecule has 1 atom stereocenters. The first-order chi connectivity index (χ1) is 15.2. The van der Waals surface area contributed by atoms with E-state index >= 15 is 0 Å². The number of unbranched alkanes of at least 4 members (excludes halogenated alkanes) is 15. The van der Waals surface area contributed by atoms with Crippen molar-refractivity contribution in [3.05, 3.63) is 35.1 Å². The molecule has 0 heterocycles. The van der Waals surface area contributed by atoms with Crippen molar-refractivity contribution in [2.75, 3.05) is 0 Å². The number of hydrogen-bond acceptors (Lipinski definition) is 2. The van der Waals surface area contributed by atoms with Crippen molar-refractivity contribution in [3.63, 3.8) is 0 Å². The van der Waals surface area contributed by atoms with E-state index in [2.05, 4.69) is 13.8 Å². The molecule has 2 nitrogen and oxygen atoms in total. The fraction of sp³-hybridized carbons (Fsp3) is 0.750. The SMILES string of the molecule is CCCCCCCCCCCCCCCCCC[C@@H](C)OCc1cc(F)cc(C#N)c1. The Balaban J connectivity index is 1.87. The molecule has 3 heteroatoms. The molecule has 0 amide bonds. The maximum Gasteiger partial charge on any atom is 0.124 e. The number of rotatable bonds is 20. The maximum atomic E-state index is 13.4. The van der Waals surface area contributed by atoms with Crippen molar-refractivity contribution < 1.29 is 9.13 Å². The van der Waals surface area contributed by atoms with E-state index in [0.29, 0.717) is 12.2 Å². The molecule has 0 bridgehead atoms. The molecule has 0 aliphatic heterocycles. The van der Waals surface area contributed by atoms with Crippen LogP contribution in [-0.2, 0) is 11.3 Å². The van der Waals surface area contributed by atoms with Gasteiger partial charge >= 0.3 is 0 Å². The number of nitriles is 1. The van der Waals surface area contributed by atoms with Gasteiger partial charge in [-0.3, -0.25) is 0 Å². The van der Waals surface area contributed by atoms with Gasteiger partial charge in [-0.2, -0.15) is 5.26 Å². The van der Waals surface area contributed by atoms with E-state index in [9.17, 15) is 4.39 Å². The Hall–Kier alpha value is -1.40. The van der Waals surface area contributed by atoms with E-state index < -0.39 is 0 Å². The summed E-state index contributed by atoms with van der Waals surface area (Å²) < 4.78 is 19.3. The number of halogens is 1. The third kappa shape index (κ3) is 16.0. The Bertz CT molecular complexity index is 595. The lowest BCUT2D eigenvalue weighted by molar-refractivity contribution is 0.0457. The Morgan fingerprint density at radius 2 is 1.26 bits per heavy atom. The zero-order valence-electron chi connectivity index (χ0n) is 20.3. The highest BCUT2D eigenvalue weighted by molar-refractivity contribution is 5.33. The van der Waals surface area contributed by atoms with Crippen LogP contribution in [0.15, 0.2) is 18.2 Å². The molecule has 0 unspecified atom stereocenters. The molecule has 0 aliphatic rings. The normalized spacial score (nSPS) is 12.1. The van der Waals surface area contributed by atoms with Crippen LogP contribution in [0.25, 0.3) is 0 Å². The van der Waals surface area contributed by atoms with Crippen LogP contribution in [0, 0.1) is 17.1 Å². The van der Waals surface area contributed by atoms with Gasteiger partial charge in [-0.1, -0.05) is 110 Å². The first kappa shape index (κ1) is 27.6. The number of ether oxygens (including phenoxy) is 1. The van der Waals surface area contributed by atoms with Crippen LogP contribution in [0.1, 0.15) is 134 Å². The van der Waals surface area contributed by atoms with Crippen molar-refractivity contribution in [1.82, 2.24) is 0 Å². The van der Waals surface area contributed by atoms with Gasteiger partial charge in [-0.25, -0.2) is 4.39 Å². The van der Waals surface area contributed by atoms with Gasteiger partial charge < -0.3 is 4.74 Å². The van der Waals surface area contributed by atoms with Crippen LogP contribution in [-0.4, -0.2) is 6.10 Å². The van der Waals surface area contributed by atoms with Gasteiger partial charge in [-0.15, -0.1) is 0 Å². The minimum Gasteiger partial charge on any atom is -0.374 e. The predicted octanol–water partition coefficient (Wildman–Crippen LogP) is 9.25. The molecule has 0 saturated carbocycles. The number of hydrogen-bond donors (Lipinski definition) is 0. The zero-order valence-corrected chi connectivity index (χ0v) is 20.3. The second kappa shape index (κ2) is 19.3. The molecule has 1 aromatic rings. The average molecular weight is 432 g/mol. The Morgan fingerprint density at radius 1 is 0.774 bits per heavy atom. The second-order valence-corrected chi connectivity index (χ2v) is 9.17. The lowest BCUT2D eigenvalue weighted by atomic mass is 10.0. The summed E-state index contributed by atoms with van der Waals surface area (Å²) in [4.78, 5) is 0. The lowest BCUT2D eigenvalue weighted by Gasteiger charge is -2.13. The van der Waals surface area contributed by atoms with Crippen molar-refractivity contribution in [1.29, 1.82) is 5.26 Å². The molecular weight excluding hydrogens is 385 g/mol. The van der Waals surface area contributed by atoms with Crippen LogP contribution >= 0.6 is 0 Å². The molecule has 1 aromatic carbocycles. The first-order valence-corrected chi connectivity index (χ1v) is 13.0. The van der Waals surface area contributed by atoms with Gasteiger partial charge in [0.15, 0.2) is 0 Å². The van der Waals surface area contributed by atoms with Gasteiger partial charge in [0, 0.05) is 0 Å². The van der Waals surface area contributed by atoms with E-state index in [4.69, 9.17) is 10.00 Å². The van der Waals surface area contributed by atoms with Gasteiger partial charge in [0.25, 0.3) is 0 Å². The standard InChI is InChI=1S/C28H46FNO/c1-3-4-5-6-7-8-9-10-11-12-13-14-15-16-17-18-19-25(2)31-24-27-20-26(23-30)21-28(29)22-27/h20-22,25H,3-19,24H2,1-2H3/t25-/m1/s1. The molecular formula is C28H46FNO. The number of nitrogens with zero attached hydrogens (tertiary/aromatic N) is 1. The molecule has 0 aromatic heterocycles. The van der Waals surface area contributed by atoms with Crippen molar-refractivity contribution in [2.45, 2.75) is 136 Å². The van der Waals surface area contributed by atoms with E-state index in [1.54, 1.807) is 6.07 Å². The molecule has 0 spiro atoms. The second-order valence-electron chi connectivity index (χ2n) is 9.17. The van der Waals surface area contributed by atoms with Crippen LogP contribution < -0.4 is 0 Å². The molecule has 31 heavy (non-hydrogen) atoms. The molecule has 0 N–H and O–H groups in total. The average Bonchev–Trinajstić information content (AvgIpc) is 2.77. The summed E-state index contributed by atoms with van der Waals surface area (Å²) in [6.07, 6.45) is 23.3. The van der Waals surface area contributed by atoms with Gasteiger partial charge in [-0.05, 0) is 37.1 Å². The van der Waals surface area contributed by atoms with E-state index in [-0.39, 0.29) is 11.9 Å². The van der Waals surface area contributed by atoms with Crippen molar-refractivity contribution in [3.8, 4) is 6.07 Å². The number of benzene rings is 1. The van der Waals surface area contributed by atoms with E-state index in [1.165, 1.54) is 115 Å². The van der Waals surface area contributed by atoms with Gasteiger partial charge in [0.2, 0.25) is 0 Å². The minimum absolute atomic E-state index is 0.167. The van der Waals surface area contributed by atoms with Crippen molar-refractivity contribution >= 4 is 0 Å². The van der Waals surface area contributed by atoms with Crippen LogP contribution in [0.3, 0.4) is 0 Å². The van der Waals surface area contributed by atoms with Gasteiger partial charge in [0.05, 0.1) is 24.3 Å². The zero-order chi connectivity index (χ0) is 22.6. The third-order valence-corrected chi connectivity index (χ3v) is 6.09. The van der Waals surface area contributed by atoms with E-state index in [0.717, 1.165) is 12.0 Å². The predicted molar refractivity (Wildman–Crippen MR) is 130 cm³/mol. The Morgan fingerprint density at radius 3 is 1.74 bits per heavy atom. The molecule has 0 saturated heterocycles. The summed E-state index contributed by atoms with van der Waals surface area (Å²) in [5, 5.41) is 8.92. The topological polar surface area (TPSA) is 33.0 Å². The summed E-state index contributed by atoms with van der Waals surface area (Å²) >= 11 is 0. The van der Waals surface area contributed by atoms with Crippen molar-refractivity contribution in [2.24, 2.45) is 0 Å². The summed E-state index contributed by atoms with van der Waals surface area (Å²) in [7, 11) is 0. The fourth-order valence-electron chi connectivity index (χ4n) is 4.10. The lowest BCUT2D eigenvalue weighted by Crippen LogP contribution is -2.08. The first-order valence-electron chi connectivity index (χ1n) is 13.0. The highest BCUT2D eigenvalue weighted by atomic mass is 19.1. The molecule has 176 valence electrons. The Labute approximate surface area is 191 Å². The summed E-state index contributed by atoms with van der Waals surface area (Å²) in [6, 6.07) is 6.38. The summed E-state index contributed by atoms with van der Waals surface area (Å²) in [6.45, 7) is 4.73. The highest BCUT2D eigenvalue weighted by Gasteiger charge is 2.05. The fourth-order valence-corrected chi connectivity index (χ4v) is 4.10. The highest BCUT2D eigenvalue weighted by Crippen LogP contribution is 2.16. The molecule has 0 aliphatic carbocycles. The summed E-state index contributed by atoms with van der Waals surface area (Å²) in [5.41, 5.74) is 1.08. The quantitative estimate of drug-likeness (QED) is 0.193. The smallest absolute Gasteiger partial charge is 0.124 e. The molecule has 0 radical (unpaired) electrons. The van der Waals surface area contributed by atoms with Gasteiger partial charge in [0.1, 0.15) is 5.82 Å². The minimum atomic E-state index is -0.372. The summed E-state index contributed by atoms with van der Waals surface area (Å²) in [5.74, 6) is -0.372. The Kier molecular flexibility index (Phi) is 17.2. The van der Waals surface area contributed by atoms with Crippen LogP contribution in [0.4, 0.5) is 4.39 Å². The monoisotopic (exact) mass is 431 g/mol.